The highest BCUT2D eigenvalue weighted by molar-refractivity contribution is 6.09. The van der Waals surface area contributed by atoms with Crippen LogP contribution in [-0.4, -0.2) is 20.1 Å². The summed E-state index contributed by atoms with van der Waals surface area (Å²) in [4.78, 5) is 14.5. The lowest BCUT2D eigenvalue weighted by molar-refractivity contribution is 0.0989. The maximum atomic E-state index is 13.6. The molecule has 3 aromatic rings. The predicted molar refractivity (Wildman–Crippen MR) is 97.6 cm³/mol. The first kappa shape index (κ1) is 16.7. The molecule has 0 radical (unpaired) electrons. The van der Waals surface area contributed by atoms with E-state index in [2.05, 4.69) is 0 Å². The topological polar surface area (TPSA) is 29.5 Å². The van der Waals surface area contributed by atoms with Crippen molar-refractivity contribution >= 4 is 11.6 Å². The number of anilines is 1. The highest BCUT2D eigenvalue weighted by Crippen LogP contribution is 2.32. The van der Waals surface area contributed by atoms with Crippen LogP contribution in [0.15, 0.2) is 72.8 Å². The minimum atomic E-state index is -0.478. The van der Waals surface area contributed by atoms with Gasteiger partial charge >= 0.3 is 0 Å². The second-order valence-electron chi connectivity index (χ2n) is 5.59. The Morgan fingerprint density at radius 2 is 1.64 bits per heavy atom. The van der Waals surface area contributed by atoms with E-state index >= 15 is 0 Å². The zero-order valence-electron chi connectivity index (χ0n) is 14.1. The van der Waals surface area contributed by atoms with Gasteiger partial charge in [-0.3, -0.25) is 4.79 Å². The van der Waals surface area contributed by atoms with Crippen molar-refractivity contribution in [2.24, 2.45) is 0 Å². The molecule has 3 nitrogen and oxygen atoms in total. The van der Waals surface area contributed by atoms with Gasteiger partial charge in [0.1, 0.15) is 11.6 Å². The van der Waals surface area contributed by atoms with Gasteiger partial charge in [-0.05, 0) is 29.8 Å². The van der Waals surface area contributed by atoms with E-state index in [0.717, 1.165) is 16.8 Å². The molecule has 25 heavy (non-hydrogen) atoms. The number of rotatable bonds is 4. The van der Waals surface area contributed by atoms with E-state index in [1.54, 1.807) is 7.05 Å². The summed E-state index contributed by atoms with van der Waals surface area (Å²) in [6, 6.07) is 21.4. The van der Waals surface area contributed by atoms with Crippen molar-refractivity contribution in [2.75, 3.05) is 19.1 Å². The summed E-state index contributed by atoms with van der Waals surface area (Å²) in [5.74, 6) is -0.468. The van der Waals surface area contributed by atoms with E-state index < -0.39 is 5.82 Å². The molecule has 126 valence electrons. The lowest BCUT2D eigenvalue weighted by Gasteiger charge is -2.22. The highest BCUT2D eigenvalue weighted by atomic mass is 19.1. The van der Waals surface area contributed by atoms with Gasteiger partial charge < -0.3 is 9.64 Å². The van der Waals surface area contributed by atoms with Gasteiger partial charge in [0, 0.05) is 12.6 Å². The van der Waals surface area contributed by atoms with E-state index in [-0.39, 0.29) is 11.5 Å². The van der Waals surface area contributed by atoms with Gasteiger partial charge in [-0.2, -0.15) is 0 Å². The van der Waals surface area contributed by atoms with Crippen molar-refractivity contribution in [1.29, 1.82) is 0 Å². The molecule has 0 unspecified atom stereocenters. The number of halogens is 1. The third-order valence-electron chi connectivity index (χ3n) is 4.05. The van der Waals surface area contributed by atoms with Crippen molar-refractivity contribution in [3.05, 3.63) is 84.2 Å². The second-order valence-corrected chi connectivity index (χ2v) is 5.59. The van der Waals surface area contributed by atoms with Crippen molar-refractivity contribution in [3.8, 4) is 16.9 Å². The molecule has 0 heterocycles. The van der Waals surface area contributed by atoms with Gasteiger partial charge in [0.25, 0.3) is 5.91 Å². The van der Waals surface area contributed by atoms with Gasteiger partial charge in [-0.1, -0.05) is 48.5 Å². The summed E-state index contributed by atoms with van der Waals surface area (Å²) in [5, 5.41) is 0. The fourth-order valence-corrected chi connectivity index (χ4v) is 2.77. The molecule has 0 spiro atoms. The van der Waals surface area contributed by atoms with Crippen LogP contribution in [0.25, 0.3) is 11.1 Å². The lowest BCUT2D eigenvalue weighted by atomic mass is 10.0. The first-order chi connectivity index (χ1) is 12.1. The van der Waals surface area contributed by atoms with Crippen LogP contribution in [0.2, 0.25) is 0 Å². The third kappa shape index (κ3) is 3.38. The number of amides is 1. The Balaban J connectivity index is 2.04. The number of ether oxygens (including phenoxy) is 1. The summed E-state index contributed by atoms with van der Waals surface area (Å²) in [6.07, 6.45) is 0. The lowest BCUT2D eigenvalue weighted by Crippen LogP contribution is -2.27. The van der Waals surface area contributed by atoms with Crippen molar-refractivity contribution in [3.63, 3.8) is 0 Å². The number of benzene rings is 3. The fourth-order valence-electron chi connectivity index (χ4n) is 2.77. The number of hydrogen-bond donors (Lipinski definition) is 0. The molecule has 0 aromatic heterocycles. The molecule has 0 atom stereocenters. The second kappa shape index (κ2) is 7.18. The Hall–Kier alpha value is -3.14. The van der Waals surface area contributed by atoms with Gasteiger partial charge in [-0.25, -0.2) is 4.39 Å². The standard InChI is InChI=1S/C21H18FNO2/c1-23(21(24)18-14-16(22)12-13-20(18)25-2)19-11-7-6-10-17(19)15-8-4-3-5-9-15/h3-14H,1-2H3. The van der Waals surface area contributed by atoms with E-state index in [4.69, 9.17) is 4.74 Å². The summed E-state index contributed by atoms with van der Waals surface area (Å²) in [7, 11) is 3.14. The van der Waals surface area contributed by atoms with Crippen LogP contribution in [0.5, 0.6) is 5.75 Å². The van der Waals surface area contributed by atoms with Crippen LogP contribution in [0, 0.1) is 5.82 Å². The fraction of sp³-hybridized carbons (Fsp3) is 0.0952. The molecule has 0 saturated heterocycles. The molecule has 0 aliphatic carbocycles. The predicted octanol–water partition coefficient (Wildman–Crippen LogP) is 4.78. The average Bonchev–Trinajstić information content (AvgIpc) is 2.67. The normalized spacial score (nSPS) is 10.4. The van der Waals surface area contributed by atoms with Crippen LogP contribution in [0.4, 0.5) is 10.1 Å². The van der Waals surface area contributed by atoms with Crippen molar-refractivity contribution in [2.45, 2.75) is 0 Å². The van der Waals surface area contributed by atoms with E-state index in [0.29, 0.717) is 5.75 Å². The summed E-state index contributed by atoms with van der Waals surface area (Å²) >= 11 is 0. The van der Waals surface area contributed by atoms with Gasteiger partial charge in [0.15, 0.2) is 0 Å². The molecule has 0 saturated carbocycles. The molecule has 0 aliphatic heterocycles. The van der Waals surface area contributed by atoms with E-state index in [1.165, 1.54) is 30.2 Å². The molecule has 3 rings (SSSR count). The Morgan fingerprint density at radius 1 is 0.960 bits per heavy atom. The molecular weight excluding hydrogens is 317 g/mol. The van der Waals surface area contributed by atoms with E-state index in [1.807, 2.05) is 54.6 Å². The monoisotopic (exact) mass is 335 g/mol. The minimum Gasteiger partial charge on any atom is -0.496 e. The van der Waals surface area contributed by atoms with Crippen LogP contribution in [-0.2, 0) is 0 Å². The smallest absolute Gasteiger partial charge is 0.261 e. The third-order valence-corrected chi connectivity index (χ3v) is 4.05. The number of para-hydroxylation sites is 1. The van der Waals surface area contributed by atoms with Gasteiger partial charge in [-0.15, -0.1) is 0 Å². The molecular formula is C21H18FNO2. The molecule has 0 fully saturated rings. The van der Waals surface area contributed by atoms with Crippen molar-refractivity contribution < 1.29 is 13.9 Å². The Bertz CT molecular complexity index is 893. The average molecular weight is 335 g/mol. The quantitative estimate of drug-likeness (QED) is 0.687. The Morgan fingerprint density at radius 3 is 2.36 bits per heavy atom. The zero-order valence-corrected chi connectivity index (χ0v) is 14.1. The molecule has 0 aliphatic rings. The summed E-state index contributed by atoms with van der Waals surface area (Å²) < 4.78 is 18.8. The van der Waals surface area contributed by atoms with E-state index in [9.17, 15) is 9.18 Å². The van der Waals surface area contributed by atoms with Crippen LogP contribution in [0.1, 0.15) is 10.4 Å². The summed E-state index contributed by atoms with van der Waals surface area (Å²) in [5.41, 5.74) is 2.86. The SMILES string of the molecule is COc1ccc(F)cc1C(=O)N(C)c1ccccc1-c1ccccc1. The number of methoxy groups -OCH3 is 1. The van der Waals surface area contributed by atoms with Crippen LogP contribution in [0.3, 0.4) is 0 Å². The molecule has 1 amide bonds. The first-order valence-corrected chi connectivity index (χ1v) is 7.88. The summed E-state index contributed by atoms with van der Waals surface area (Å²) in [6.45, 7) is 0. The zero-order chi connectivity index (χ0) is 17.8. The molecule has 3 aromatic carbocycles. The first-order valence-electron chi connectivity index (χ1n) is 7.88. The largest absolute Gasteiger partial charge is 0.496 e. The highest BCUT2D eigenvalue weighted by Gasteiger charge is 2.20. The minimum absolute atomic E-state index is 0.188. The maximum Gasteiger partial charge on any atom is 0.261 e. The number of nitrogens with zero attached hydrogens (tertiary/aromatic N) is 1. The van der Waals surface area contributed by atoms with Crippen LogP contribution < -0.4 is 9.64 Å². The van der Waals surface area contributed by atoms with Crippen LogP contribution >= 0.6 is 0 Å². The molecule has 4 heteroatoms. The van der Waals surface area contributed by atoms with Crippen molar-refractivity contribution in [1.82, 2.24) is 0 Å². The molecule has 0 bridgehead atoms. The van der Waals surface area contributed by atoms with Gasteiger partial charge in [0.05, 0.1) is 18.4 Å². The Labute approximate surface area is 146 Å². The molecule has 0 N–H and O–H groups in total. The van der Waals surface area contributed by atoms with Gasteiger partial charge in [0.2, 0.25) is 0 Å². The Kier molecular flexibility index (Phi) is 4.80. The number of hydrogen-bond acceptors (Lipinski definition) is 2. The maximum absolute atomic E-state index is 13.6. The number of carbonyl (C=O) groups is 1. The number of carbonyl (C=O) groups excluding carboxylic acids is 1.